The summed E-state index contributed by atoms with van der Waals surface area (Å²) in [6.45, 7) is 26.4. The molecule has 0 aromatic heterocycles. The monoisotopic (exact) mass is 996 g/mol. The van der Waals surface area contributed by atoms with Gasteiger partial charge < -0.3 is 46.9 Å². The van der Waals surface area contributed by atoms with Gasteiger partial charge in [-0.25, -0.2) is 9.59 Å². The number of amides is 2. The Morgan fingerprint density at radius 1 is 0.456 bits per heavy atom. The number of rotatable bonds is 6. The van der Waals surface area contributed by atoms with E-state index in [1.54, 1.807) is 48.3 Å². The summed E-state index contributed by atoms with van der Waals surface area (Å²) in [5.74, 6) is 2.62. The van der Waals surface area contributed by atoms with Gasteiger partial charge in [-0.15, -0.1) is 0 Å². The first-order valence-corrected chi connectivity index (χ1v) is 23.7. The highest BCUT2D eigenvalue weighted by Crippen LogP contribution is 2.43. The van der Waals surface area contributed by atoms with E-state index in [4.69, 9.17) is 46.9 Å². The van der Waals surface area contributed by atoms with Crippen LogP contribution in [0.5, 0.6) is 23.0 Å². The van der Waals surface area contributed by atoms with Gasteiger partial charge in [-0.3, -0.25) is 9.80 Å². The SMILES string of the molecule is CC1(C)OB(B2OC(C)(C)C(C)(C)O2)OC1(C)C.COc1ccc2c(c1)CN(C(=O)Oc1ccc(B3OC(C)(C)C(C)(C)O3)cc1)C2.COc1ccc2c(c1)CN(C(=O)Oc1ccc(Br)cc1)C2. The highest BCUT2D eigenvalue weighted by atomic mass is 79.9. The second-order valence-electron chi connectivity index (χ2n) is 20.6. The molecule has 3 fully saturated rings. The topological polar surface area (TPSA) is 133 Å². The molecule has 0 N–H and O–H groups in total. The molecule has 5 heterocycles. The van der Waals surface area contributed by atoms with Crippen molar-refractivity contribution in [3.63, 3.8) is 0 Å². The van der Waals surface area contributed by atoms with Gasteiger partial charge in [0.15, 0.2) is 0 Å². The van der Waals surface area contributed by atoms with Crippen LogP contribution < -0.4 is 24.4 Å². The summed E-state index contributed by atoms with van der Waals surface area (Å²) in [5.41, 5.74) is 3.09. The molecule has 0 unspecified atom stereocenters. The van der Waals surface area contributed by atoms with Crippen LogP contribution >= 0.6 is 15.9 Å². The molecule has 2 amide bonds. The van der Waals surface area contributed by atoms with Crippen molar-refractivity contribution in [1.29, 1.82) is 0 Å². The fourth-order valence-corrected chi connectivity index (χ4v) is 8.02. The standard InChI is InChI=1S/C22H26BNO5.C16H14BrNO3.C12H24B2O4/c1-21(2)22(3,4)29-23(28-21)17-7-10-18(11-8-17)27-20(25)24-13-15-6-9-19(26-5)12-16(15)14-24;1-20-15-5-2-11-9-18(10-12(11)8-15)16(19)21-14-6-3-13(17)4-7-14;1-9(2)10(3,4)16-13(15-9)14-17-11(5,6)12(7,8)18-14/h6-12H,13-14H2,1-5H3;2-8H,9-10H2,1H3;1-8H3. The maximum atomic E-state index is 12.6. The first kappa shape index (κ1) is 51.3. The van der Waals surface area contributed by atoms with Crippen LogP contribution in [0.4, 0.5) is 9.59 Å². The summed E-state index contributed by atoms with van der Waals surface area (Å²) < 4.78 is 58.3. The zero-order valence-corrected chi connectivity index (χ0v) is 43.4. The summed E-state index contributed by atoms with van der Waals surface area (Å²) in [6.07, 6.45) is -0.712. The molecule has 3 saturated heterocycles. The Balaban J connectivity index is 0.000000156. The highest BCUT2D eigenvalue weighted by molar-refractivity contribution is 9.10. The van der Waals surface area contributed by atoms with Gasteiger partial charge in [0, 0.05) is 30.7 Å². The lowest BCUT2D eigenvalue weighted by Crippen LogP contribution is -2.41. The Kier molecular flexibility index (Phi) is 14.6. The molecule has 0 aliphatic carbocycles. The number of nitrogens with zero attached hydrogens (tertiary/aromatic N) is 2. The van der Waals surface area contributed by atoms with Crippen LogP contribution in [0.1, 0.15) is 105 Å². The van der Waals surface area contributed by atoms with Gasteiger partial charge in [0.1, 0.15) is 23.0 Å². The predicted octanol–water partition coefficient (Wildman–Crippen LogP) is 9.73. The molecule has 0 spiro atoms. The minimum absolute atomic E-state index is 0.340. The molecular formula is C50H64B3BrN2O12. The summed E-state index contributed by atoms with van der Waals surface area (Å²) >= 11 is 3.35. The van der Waals surface area contributed by atoms with Gasteiger partial charge >= 0.3 is 33.3 Å². The zero-order valence-electron chi connectivity index (χ0n) is 41.8. The molecule has 0 saturated carbocycles. The molecule has 68 heavy (non-hydrogen) atoms. The maximum Gasteiger partial charge on any atom is 0.494 e. The van der Waals surface area contributed by atoms with Gasteiger partial charge in [-0.1, -0.05) is 40.2 Å². The number of hydrogen-bond donors (Lipinski definition) is 0. The maximum absolute atomic E-state index is 12.6. The second-order valence-corrected chi connectivity index (χ2v) is 21.5. The Morgan fingerprint density at radius 3 is 1.12 bits per heavy atom. The average molecular weight is 997 g/mol. The highest BCUT2D eigenvalue weighted by Gasteiger charge is 2.63. The van der Waals surface area contributed by atoms with Crippen molar-refractivity contribution in [1.82, 2.24) is 9.80 Å². The van der Waals surface area contributed by atoms with Crippen molar-refractivity contribution in [3.05, 3.63) is 112 Å². The molecular weight excluding hydrogens is 933 g/mol. The Bertz CT molecular complexity index is 2380. The van der Waals surface area contributed by atoms with E-state index in [1.807, 2.05) is 144 Å². The molecule has 0 radical (unpaired) electrons. The van der Waals surface area contributed by atoms with Gasteiger partial charge in [0.2, 0.25) is 0 Å². The average Bonchev–Trinajstić information content (AvgIpc) is 4.04. The Labute approximate surface area is 411 Å². The molecule has 4 aromatic rings. The van der Waals surface area contributed by atoms with Crippen molar-refractivity contribution in [2.24, 2.45) is 0 Å². The predicted molar refractivity (Wildman–Crippen MR) is 265 cm³/mol. The lowest BCUT2D eigenvalue weighted by atomic mass is 9.49. The van der Waals surface area contributed by atoms with Crippen LogP contribution in [-0.2, 0) is 54.1 Å². The first-order chi connectivity index (χ1) is 31.7. The van der Waals surface area contributed by atoms with Crippen molar-refractivity contribution in [2.75, 3.05) is 14.2 Å². The molecule has 5 aliphatic rings. The van der Waals surface area contributed by atoms with Crippen LogP contribution in [0.2, 0.25) is 0 Å². The smallest absolute Gasteiger partial charge is 0.494 e. The second kappa shape index (κ2) is 19.3. The summed E-state index contributed by atoms with van der Waals surface area (Å²) in [5, 5.41) is 0. The molecule has 14 nitrogen and oxygen atoms in total. The number of carbonyl (C=O) groups is 2. The minimum Gasteiger partial charge on any atom is -0.497 e. The molecule has 0 bridgehead atoms. The van der Waals surface area contributed by atoms with Crippen molar-refractivity contribution < 1.29 is 56.5 Å². The largest absolute Gasteiger partial charge is 0.497 e. The molecule has 5 aliphatic heterocycles. The Morgan fingerprint density at radius 2 is 0.765 bits per heavy atom. The number of hydrogen-bond acceptors (Lipinski definition) is 12. The number of fused-ring (bicyclic) bond motifs is 2. The van der Waals surface area contributed by atoms with E-state index in [1.165, 1.54) is 0 Å². The van der Waals surface area contributed by atoms with Gasteiger partial charge in [0.25, 0.3) is 0 Å². The van der Waals surface area contributed by atoms with Gasteiger partial charge in [-0.05, 0) is 171 Å². The van der Waals surface area contributed by atoms with Crippen molar-refractivity contribution in [3.8, 4) is 23.0 Å². The van der Waals surface area contributed by atoms with Crippen LogP contribution in [0.15, 0.2) is 89.4 Å². The van der Waals surface area contributed by atoms with Gasteiger partial charge in [-0.2, -0.15) is 0 Å². The van der Waals surface area contributed by atoms with Crippen LogP contribution in [-0.4, -0.2) is 90.9 Å². The Hall–Kier alpha value is -4.55. The third-order valence-electron chi connectivity index (χ3n) is 14.2. The number of benzene rings is 4. The molecule has 9 rings (SSSR count). The number of carbonyl (C=O) groups excluding carboxylic acids is 2. The minimum atomic E-state index is -0.476. The van der Waals surface area contributed by atoms with E-state index < -0.39 is 32.3 Å². The van der Waals surface area contributed by atoms with Crippen LogP contribution in [0.25, 0.3) is 0 Å². The number of methoxy groups -OCH3 is 2. The normalized spacial score (nSPS) is 20.7. The zero-order chi connectivity index (χ0) is 49.6. The lowest BCUT2D eigenvalue weighted by molar-refractivity contribution is 0.00578. The summed E-state index contributed by atoms with van der Waals surface area (Å²) in [7, 11) is 1.88. The van der Waals surface area contributed by atoms with E-state index in [2.05, 4.69) is 15.9 Å². The van der Waals surface area contributed by atoms with E-state index in [0.717, 1.165) is 43.7 Å². The molecule has 362 valence electrons. The van der Waals surface area contributed by atoms with E-state index in [-0.39, 0.29) is 34.6 Å². The van der Waals surface area contributed by atoms with E-state index in [0.29, 0.717) is 37.7 Å². The molecule has 0 atom stereocenters. The van der Waals surface area contributed by atoms with Crippen LogP contribution in [0.3, 0.4) is 0 Å². The van der Waals surface area contributed by atoms with E-state index in [9.17, 15) is 9.59 Å². The lowest BCUT2D eigenvalue weighted by Gasteiger charge is -2.32. The quantitative estimate of drug-likeness (QED) is 0.170. The summed E-state index contributed by atoms with van der Waals surface area (Å²) in [4.78, 5) is 28.1. The third kappa shape index (κ3) is 11.1. The van der Waals surface area contributed by atoms with Crippen molar-refractivity contribution in [2.45, 2.75) is 143 Å². The summed E-state index contributed by atoms with van der Waals surface area (Å²) in [6, 6.07) is 26.2. The molecule has 4 aromatic carbocycles. The molecule has 18 heteroatoms. The van der Waals surface area contributed by atoms with E-state index >= 15 is 0 Å². The third-order valence-corrected chi connectivity index (χ3v) is 14.7. The number of ether oxygens (including phenoxy) is 4. The number of halogens is 1. The van der Waals surface area contributed by atoms with Gasteiger partial charge in [0.05, 0.1) is 47.8 Å². The van der Waals surface area contributed by atoms with Crippen molar-refractivity contribution >= 4 is 54.7 Å². The van der Waals surface area contributed by atoms with Crippen LogP contribution in [0, 0.1) is 0 Å². The first-order valence-electron chi connectivity index (χ1n) is 22.9. The fourth-order valence-electron chi connectivity index (χ4n) is 7.76. The fraction of sp³-hybridized carbons (Fsp3) is 0.480.